The number of rotatable bonds is 8. The monoisotopic (exact) mass is 270 g/mol. The molecule has 0 aromatic carbocycles. The van der Waals surface area contributed by atoms with Gasteiger partial charge in [0.25, 0.3) is 11.8 Å². The van der Waals surface area contributed by atoms with Crippen molar-refractivity contribution in [1.29, 1.82) is 0 Å². The van der Waals surface area contributed by atoms with Gasteiger partial charge in [-0.2, -0.15) is 0 Å². The van der Waals surface area contributed by atoms with Gasteiger partial charge in [-0.1, -0.05) is 0 Å². The average molecular weight is 270 g/mol. The summed E-state index contributed by atoms with van der Waals surface area (Å²) in [5.74, 6) is 1.38. The summed E-state index contributed by atoms with van der Waals surface area (Å²) < 4.78 is 19.5. The summed E-state index contributed by atoms with van der Waals surface area (Å²) in [4.78, 5) is 0. The molecule has 0 spiro atoms. The maximum absolute atomic E-state index is 5.20. The largest absolute Gasteiger partial charge is 0.473 e. The van der Waals surface area contributed by atoms with Crippen LogP contribution in [0, 0.1) is 0 Å². The SMILES string of the molecule is CCOc1nonc1NCNc1nonc1OCC. The quantitative estimate of drug-likeness (QED) is 0.664. The van der Waals surface area contributed by atoms with Crippen LogP contribution in [0.1, 0.15) is 13.8 Å². The highest BCUT2D eigenvalue weighted by atomic mass is 16.6. The van der Waals surface area contributed by atoms with Crippen molar-refractivity contribution >= 4 is 11.6 Å². The van der Waals surface area contributed by atoms with E-state index in [2.05, 4.69) is 40.5 Å². The molecule has 0 fully saturated rings. The van der Waals surface area contributed by atoms with E-state index in [9.17, 15) is 0 Å². The van der Waals surface area contributed by atoms with E-state index in [0.717, 1.165) is 0 Å². The predicted octanol–water partition coefficient (Wildman–Crippen LogP) is 0.731. The van der Waals surface area contributed by atoms with Crippen LogP contribution in [-0.2, 0) is 0 Å². The van der Waals surface area contributed by atoms with Crippen LogP contribution in [0.25, 0.3) is 0 Å². The van der Waals surface area contributed by atoms with E-state index in [4.69, 9.17) is 9.47 Å². The topological polar surface area (TPSA) is 120 Å². The van der Waals surface area contributed by atoms with Gasteiger partial charge in [0.05, 0.1) is 19.9 Å². The third-order valence-electron chi connectivity index (χ3n) is 1.99. The number of nitrogens with one attached hydrogen (secondary N) is 2. The Hall–Kier alpha value is -2.52. The van der Waals surface area contributed by atoms with Crippen molar-refractivity contribution in [3.63, 3.8) is 0 Å². The van der Waals surface area contributed by atoms with Crippen LogP contribution in [0.5, 0.6) is 11.8 Å². The molecule has 2 aromatic rings. The summed E-state index contributed by atoms with van der Waals surface area (Å²) in [6.45, 7) is 4.91. The molecule has 0 unspecified atom stereocenters. The van der Waals surface area contributed by atoms with Crippen LogP contribution in [0.15, 0.2) is 9.26 Å². The Morgan fingerprint density at radius 2 is 1.32 bits per heavy atom. The standard InChI is InChI=1S/C9H14N6O4/c1-3-16-8-6(12-18-14-8)10-5-11-7-9(17-4-2)15-19-13-7/h3-5H2,1-2H3,(H,10,12)(H,11,13). The fourth-order valence-corrected chi connectivity index (χ4v) is 1.25. The van der Waals surface area contributed by atoms with E-state index < -0.39 is 0 Å². The Labute approximate surface area is 108 Å². The van der Waals surface area contributed by atoms with E-state index in [1.807, 2.05) is 13.8 Å². The van der Waals surface area contributed by atoms with Gasteiger partial charge in [-0.3, -0.25) is 0 Å². The Kier molecular flexibility index (Phi) is 4.37. The highest BCUT2D eigenvalue weighted by Gasteiger charge is 2.12. The van der Waals surface area contributed by atoms with E-state index in [1.165, 1.54) is 0 Å². The fourth-order valence-electron chi connectivity index (χ4n) is 1.25. The fraction of sp³-hybridized carbons (Fsp3) is 0.556. The maximum Gasteiger partial charge on any atom is 0.300 e. The van der Waals surface area contributed by atoms with Crippen molar-refractivity contribution in [3.8, 4) is 11.8 Å². The minimum absolute atomic E-state index is 0.294. The number of anilines is 2. The number of aromatic nitrogens is 4. The first-order valence-electron chi connectivity index (χ1n) is 5.73. The minimum atomic E-state index is 0.294. The van der Waals surface area contributed by atoms with E-state index >= 15 is 0 Å². The minimum Gasteiger partial charge on any atom is -0.473 e. The Balaban J connectivity index is 1.85. The molecular formula is C9H14N6O4. The van der Waals surface area contributed by atoms with E-state index in [-0.39, 0.29) is 0 Å². The lowest BCUT2D eigenvalue weighted by Crippen LogP contribution is -2.13. The van der Waals surface area contributed by atoms with Crippen molar-refractivity contribution in [3.05, 3.63) is 0 Å². The molecule has 0 aliphatic rings. The van der Waals surface area contributed by atoms with Crippen LogP contribution in [0.2, 0.25) is 0 Å². The van der Waals surface area contributed by atoms with Gasteiger partial charge in [-0.15, -0.1) is 0 Å². The molecule has 2 heterocycles. The first-order chi connectivity index (χ1) is 9.35. The molecule has 0 saturated heterocycles. The van der Waals surface area contributed by atoms with Crippen LogP contribution >= 0.6 is 0 Å². The molecule has 10 nitrogen and oxygen atoms in total. The molecule has 0 atom stereocenters. The first kappa shape index (κ1) is 12.9. The lowest BCUT2D eigenvalue weighted by molar-refractivity contribution is 0.264. The van der Waals surface area contributed by atoms with Crippen LogP contribution < -0.4 is 20.1 Å². The average Bonchev–Trinajstić information content (AvgIpc) is 3.01. The Bertz CT molecular complexity index is 454. The summed E-state index contributed by atoms with van der Waals surface area (Å²) in [5.41, 5.74) is 0. The number of nitrogens with zero attached hydrogens (tertiary/aromatic N) is 4. The molecule has 10 heteroatoms. The first-order valence-corrected chi connectivity index (χ1v) is 5.73. The molecule has 104 valence electrons. The third kappa shape index (κ3) is 3.24. The molecule has 0 bridgehead atoms. The molecule has 2 rings (SSSR count). The molecule has 0 radical (unpaired) electrons. The highest BCUT2D eigenvalue weighted by Crippen LogP contribution is 2.20. The second-order valence-electron chi connectivity index (χ2n) is 3.23. The summed E-state index contributed by atoms with van der Waals surface area (Å²) in [6.07, 6.45) is 0. The zero-order valence-electron chi connectivity index (χ0n) is 10.5. The Morgan fingerprint density at radius 1 is 0.842 bits per heavy atom. The lowest BCUT2D eigenvalue weighted by Gasteiger charge is -2.05. The molecule has 0 amide bonds. The van der Waals surface area contributed by atoms with Gasteiger partial charge in [0, 0.05) is 0 Å². The second kappa shape index (κ2) is 6.42. The van der Waals surface area contributed by atoms with Crippen molar-refractivity contribution in [2.75, 3.05) is 30.5 Å². The van der Waals surface area contributed by atoms with Gasteiger partial charge in [0.2, 0.25) is 11.6 Å². The summed E-state index contributed by atoms with van der Waals surface area (Å²) >= 11 is 0. The Morgan fingerprint density at radius 3 is 1.74 bits per heavy atom. The molecule has 0 aliphatic carbocycles. The predicted molar refractivity (Wildman–Crippen MR) is 63.0 cm³/mol. The van der Waals surface area contributed by atoms with Crippen LogP contribution in [0.3, 0.4) is 0 Å². The molecule has 0 aliphatic heterocycles. The number of ether oxygens (including phenoxy) is 2. The van der Waals surface area contributed by atoms with Crippen molar-refractivity contribution in [2.45, 2.75) is 13.8 Å². The highest BCUT2D eigenvalue weighted by molar-refractivity contribution is 5.47. The van der Waals surface area contributed by atoms with Crippen LogP contribution in [-0.4, -0.2) is 40.5 Å². The van der Waals surface area contributed by atoms with Crippen molar-refractivity contribution < 1.29 is 18.7 Å². The molecule has 19 heavy (non-hydrogen) atoms. The van der Waals surface area contributed by atoms with Gasteiger partial charge in [0.1, 0.15) is 0 Å². The maximum atomic E-state index is 5.20. The molecule has 0 saturated carbocycles. The van der Waals surface area contributed by atoms with E-state index in [1.54, 1.807) is 0 Å². The third-order valence-corrected chi connectivity index (χ3v) is 1.99. The molecular weight excluding hydrogens is 256 g/mol. The summed E-state index contributed by atoms with van der Waals surface area (Å²) in [6, 6.07) is 0. The van der Waals surface area contributed by atoms with Crippen molar-refractivity contribution in [2.24, 2.45) is 0 Å². The molecule has 2 N–H and O–H groups in total. The molecule has 2 aromatic heterocycles. The van der Waals surface area contributed by atoms with Crippen molar-refractivity contribution in [1.82, 2.24) is 20.6 Å². The van der Waals surface area contributed by atoms with Crippen LogP contribution in [0.4, 0.5) is 11.6 Å². The number of hydrogen-bond acceptors (Lipinski definition) is 10. The lowest BCUT2D eigenvalue weighted by atomic mass is 10.6. The second-order valence-corrected chi connectivity index (χ2v) is 3.23. The zero-order valence-corrected chi connectivity index (χ0v) is 10.5. The van der Waals surface area contributed by atoms with Gasteiger partial charge in [-0.25, -0.2) is 9.26 Å². The zero-order chi connectivity index (χ0) is 13.5. The van der Waals surface area contributed by atoms with E-state index in [0.29, 0.717) is 43.3 Å². The summed E-state index contributed by atoms with van der Waals surface area (Å²) in [5, 5.41) is 20.4. The summed E-state index contributed by atoms with van der Waals surface area (Å²) in [7, 11) is 0. The smallest absolute Gasteiger partial charge is 0.300 e. The van der Waals surface area contributed by atoms with Gasteiger partial charge in [-0.05, 0) is 34.5 Å². The van der Waals surface area contributed by atoms with Gasteiger partial charge >= 0.3 is 0 Å². The normalized spacial score (nSPS) is 10.2. The van der Waals surface area contributed by atoms with Gasteiger partial charge in [0.15, 0.2) is 0 Å². The number of hydrogen-bond donors (Lipinski definition) is 2. The van der Waals surface area contributed by atoms with Gasteiger partial charge < -0.3 is 20.1 Å².